The number of benzene rings is 2. The van der Waals surface area contributed by atoms with Gasteiger partial charge in [0.25, 0.3) is 5.91 Å². The first kappa shape index (κ1) is 15.7. The average Bonchev–Trinajstić information content (AvgIpc) is 3.28. The lowest BCUT2D eigenvalue weighted by molar-refractivity contribution is 0.0730. The molecule has 0 spiro atoms. The summed E-state index contributed by atoms with van der Waals surface area (Å²) in [6, 6.07) is 15.3. The largest absolute Gasteiger partial charge is 0.494 e. The van der Waals surface area contributed by atoms with E-state index in [1.165, 1.54) is 0 Å². The summed E-state index contributed by atoms with van der Waals surface area (Å²) in [5.74, 6) is 1.71. The third-order valence-corrected chi connectivity index (χ3v) is 4.65. The molecule has 1 amide bonds. The van der Waals surface area contributed by atoms with Gasteiger partial charge in [-0.2, -0.15) is 0 Å². The molecule has 25 heavy (non-hydrogen) atoms. The number of aromatic amines is 1. The molecule has 4 rings (SSSR count). The highest BCUT2D eigenvalue weighted by molar-refractivity contribution is 5.94. The second kappa shape index (κ2) is 6.59. The van der Waals surface area contributed by atoms with Crippen LogP contribution in [0.4, 0.5) is 0 Å². The number of hydrogen-bond acceptors (Lipinski definition) is 3. The molecule has 1 aromatic heterocycles. The van der Waals surface area contributed by atoms with Crippen LogP contribution in [0, 0.1) is 0 Å². The van der Waals surface area contributed by atoms with Crippen molar-refractivity contribution >= 4 is 16.9 Å². The number of rotatable bonds is 4. The molecule has 128 valence electrons. The van der Waals surface area contributed by atoms with Crippen molar-refractivity contribution in [2.75, 3.05) is 13.2 Å². The summed E-state index contributed by atoms with van der Waals surface area (Å²) in [7, 11) is 0. The highest BCUT2D eigenvalue weighted by Gasteiger charge is 2.32. The summed E-state index contributed by atoms with van der Waals surface area (Å²) in [4.78, 5) is 22.9. The topological polar surface area (TPSA) is 58.2 Å². The van der Waals surface area contributed by atoms with Crippen LogP contribution in [-0.2, 0) is 0 Å². The Balaban J connectivity index is 1.59. The molecule has 1 aliphatic rings. The Hall–Kier alpha value is -2.82. The van der Waals surface area contributed by atoms with Gasteiger partial charge in [0.2, 0.25) is 0 Å². The highest BCUT2D eigenvalue weighted by Crippen LogP contribution is 2.32. The van der Waals surface area contributed by atoms with Crippen LogP contribution in [-0.4, -0.2) is 33.9 Å². The van der Waals surface area contributed by atoms with E-state index >= 15 is 0 Å². The van der Waals surface area contributed by atoms with Crippen molar-refractivity contribution in [3.63, 3.8) is 0 Å². The summed E-state index contributed by atoms with van der Waals surface area (Å²) in [6.07, 6.45) is 1.92. The van der Waals surface area contributed by atoms with Gasteiger partial charge in [0.05, 0.1) is 23.7 Å². The van der Waals surface area contributed by atoms with Gasteiger partial charge in [0.15, 0.2) is 0 Å². The lowest BCUT2D eigenvalue weighted by Gasteiger charge is -2.23. The summed E-state index contributed by atoms with van der Waals surface area (Å²) in [6.45, 7) is 3.32. The van der Waals surface area contributed by atoms with Crippen LogP contribution in [0.25, 0.3) is 11.0 Å². The highest BCUT2D eigenvalue weighted by atomic mass is 16.5. The van der Waals surface area contributed by atoms with Crippen LogP contribution in [0.5, 0.6) is 5.75 Å². The molecule has 1 aliphatic heterocycles. The van der Waals surface area contributed by atoms with Crippen LogP contribution in [0.3, 0.4) is 0 Å². The molecule has 1 fully saturated rings. The van der Waals surface area contributed by atoms with Crippen LogP contribution < -0.4 is 4.74 Å². The number of nitrogens with zero attached hydrogens (tertiary/aromatic N) is 2. The SMILES string of the molecule is CCOc1ccc(C(=O)N2CCCC2c2nc3ccccc3[nH]2)cc1. The number of carbonyl (C=O) groups excluding carboxylic acids is 1. The summed E-state index contributed by atoms with van der Waals surface area (Å²) in [5.41, 5.74) is 2.64. The molecule has 0 aliphatic carbocycles. The number of amides is 1. The number of ether oxygens (including phenoxy) is 1. The number of likely N-dealkylation sites (tertiary alicyclic amines) is 1. The van der Waals surface area contributed by atoms with Crippen LogP contribution in [0.2, 0.25) is 0 Å². The van der Waals surface area contributed by atoms with E-state index in [9.17, 15) is 4.79 Å². The molecule has 1 atom stereocenters. The maximum atomic E-state index is 13.0. The average molecular weight is 335 g/mol. The summed E-state index contributed by atoms with van der Waals surface area (Å²) >= 11 is 0. The number of carbonyl (C=O) groups is 1. The second-order valence-corrected chi connectivity index (χ2v) is 6.25. The van der Waals surface area contributed by atoms with Gasteiger partial charge >= 0.3 is 0 Å². The molecule has 5 nitrogen and oxygen atoms in total. The van der Waals surface area contributed by atoms with Gasteiger partial charge in [-0.25, -0.2) is 4.98 Å². The number of aromatic nitrogens is 2. The van der Waals surface area contributed by atoms with Crippen molar-refractivity contribution < 1.29 is 9.53 Å². The van der Waals surface area contributed by atoms with Gasteiger partial charge in [-0.3, -0.25) is 4.79 Å². The Morgan fingerprint density at radius 3 is 2.80 bits per heavy atom. The van der Waals surface area contributed by atoms with Gasteiger partial charge in [0, 0.05) is 12.1 Å². The van der Waals surface area contributed by atoms with Crippen molar-refractivity contribution in [2.24, 2.45) is 0 Å². The third-order valence-electron chi connectivity index (χ3n) is 4.65. The standard InChI is InChI=1S/C20H21N3O2/c1-2-25-15-11-9-14(10-12-15)20(24)23-13-5-8-18(23)19-21-16-6-3-4-7-17(16)22-19/h3-4,6-7,9-12,18H,2,5,8,13H2,1H3,(H,21,22). The van der Waals surface area contributed by atoms with E-state index in [0.29, 0.717) is 12.2 Å². The Morgan fingerprint density at radius 2 is 2.04 bits per heavy atom. The van der Waals surface area contributed by atoms with Crippen LogP contribution >= 0.6 is 0 Å². The first-order valence-electron chi connectivity index (χ1n) is 8.74. The fourth-order valence-electron chi connectivity index (χ4n) is 3.45. The van der Waals surface area contributed by atoms with Gasteiger partial charge < -0.3 is 14.6 Å². The molecule has 5 heteroatoms. The Kier molecular flexibility index (Phi) is 4.14. The van der Waals surface area contributed by atoms with Gasteiger partial charge in [-0.1, -0.05) is 12.1 Å². The first-order chi connectivity index (χ1) is 12.3. The minimum Gasteiger partial charge on any atom is -0.494 e. The molecular weight excluding hydrogens is 314 g/mol. The zero-order valence-electron chi connectivity index (χ0n) is 14.2. The Labute approximate surface area is 146 Å². The second-order valence-electron chi connectivity index (χ2n) is 6.25. The Morgan fingerprint density at radius 1 is 1.24 bits per heavy atom. The van der Waals surface area contributed by atoms with E-state index in [1.807, 2.05) is 60.4 Å². The molecule has 1 N–H and O–H groups in total. The smallest absolute Gasteiger partial charge is 0.254 e. The van der Waals surface area contributed by atoms with Gasteiger partial charge in [-0.05, 0) is 56.2 Å². The molecule has 0 radical (unpaired) electrons. The quantitative estimate of drug-likeness (QED) is 0.786. The molecule has 3 aromatic rings. The van der Waals surface area contributed by atoms with Crippen molar-refractivity contribution in [1.29, 1.82) is 0 Å². The number of imidazole rings is 1. The normalized spacial score (nSPS) is 17.2. The van der Waals surface area contributed by atoms with E-state index in [-0.39, 0.29) is 11.9 Å². The summed E-state index contributed by atoms with van der Waals surface area (Å²) in [5, 5.41) is 0. The van der Waals surface area contributed by atoms with E-state index in [0.717, 1.165) is 42.0 Å². The molecular formula is C20H21N3O2. The van der Waals surface area contributed by atoms with E-state index in [4.69, 9.17) is 9.72 Å². The maximum absolute atomic E-state index is 13.0. The van der Waals surface area contributed by atoms with Crippen molar-refractivity contribution in [2.45, 2.75) is 25.8 Å². The summed E-state index contributed by atoms with van der Waals surface area (Å²) < 4.78 is 5.45. The van der Waals surface area contributed by atoms with Crippen molar-refractivity contribution in [1.82, 2.24) is 14.9 Å². The van der Waals surface area contributed by atoms with Crippen molar-refractivity contribution in [3.05, 3.63) is 59.9 Å². The fraction of sp³-hybridized carbons (Fsp3) is 0.300. The Bertz CT molecular complexity index is 852. The maximum Gasteiger partial charge on any atom is 0.254 e. The monoisotopic (exact) mass is 335 g/mol. The van der Waals surface area contributed by atoms with E-state index < -0.39 is 0 Å². The molecule has 1 saturated heterocycles. The zero-order chi connectivity index (χ0) is 17.2. The number of hydrogen-bond donors (Lipinski definition) is 1. The molecule has 2 aromatic carbocycles. The van der Waals surface area contributed by atoms with Gasteiger partial charge in [0.1, 0.15) is 11.6 Å². The van der Waals surface area contributed by atoms with E-state index in [2.05, 4.69) is 4.98 Å². The van der Waals surface area contributed by atoms with E-state index in [1.54, 1.807) is 0 Å². The lowest BCUT2D eigenvalue weighted by Crippen LogP contribution is -2.31. The zero-order valence-corrected chi connectivity index (χ0v) is 14.2. The number of fused-ring (bicyclic) bond motifs is 1. The molecule has 0 saturated carbocycles. The number of nitrogens with one attached hydrogen (secondary N) is 1. The minimum absolute atomic E-state index is 0.00599. The number of H-pyrrole nitrogens is 1. The van der Waals surface area contributed by atoms with Crippen LogP contribution in [0.1, 0.15) is 42.0 Å². The number of para-hydroxylation sites is 2. The lowest BCUT2D eigenvalue weighted by atomic mass is 10.1. The molecule has 2 heterocycles. The first-order valence-corrected chi connectivity index (χ1v) is 8.74. The van der Waals surface area contributed by atoms with Gasteiger partial charge in [-0.15, -0.1) is 0 Å². The molecule has 1 unspecified atom stereocenters. The predicted molar refractivity (Wildman–Crippen MR) is 96.7 cm³/mol. The van der Waals surface area contributed by atoms with Crippen molar-refractivity contribution in [3.8, 4) is 5.75 Å². The predicted octanol–water partition coefficient (Wildman–Crippen LogP) is 3.94. The third kappa shape index (κ3) is 2.97. The van der Waals surface area contributed by atoms with Crippen LogP contribution in [0.15, 0.2) is 48.5 Å². The minimum atomic E-state index is 0.00599. The fourth-order valence-corrected chi connectivity index (χ4v) is 3.45. The molecule has 0 bridgehead atoms.